The molecule has 2 aromatic rings. The second-order valence-corrected chi connectivity index (χ2v) is 5.45. The Morgan fingerprint density at radius 2 is 1.65 bits per heavy atom. The van der Waals surface area contributed by atoms with Crippen molar-refractivity contribution in [1.29, 1.82) is 0 Å². The highest BCUT2D eigenvalue weighted by atomic mass is 35.5. The van der Waals surface area contributed by atoms with Crippen molar-refractivity contribution in [3.63, 3.8) is 0 Å². The Kier molecular flexibility index (Phi) is 4.64. The average Bonchev–Trinajstić information content (AvgIpc) is 2.41. The van der Waals surface area contributed by atoms with Gasteiger partial charge in [-0.05, 0) is 55.3 Å². The Bertz CT molecular complexity index is 667. The van der Waals surface area contributed by atoms with Crippen molar-refractivity contribution < 1.29 is 4.79 Å². The molecule has 0 atom stereocenters. The molecule has 0 aliphatic heterocycles. The second kappa shape index (κ2) is 6.25. The molecule has 0 fully saturated rings. The van der Waals surface area contributed by atoms with Gasteiger partial charge in [0.2, 0.25) is 0 Å². The third kappa shape index (κ3) is 3.30. The largest absolute Gasteiger partial charge is 0.289 e. The first kappa shape index (κ1) is 14.8. The molecule has 0 saturated heterocycles. The highest BCUT2D eigenvalue weighted by Gasteiger charge is 2.05. The molecule has 0 heterocycles. The molecule has 3 heteroatoms. The van der Waals surface area contributed by atoms with Gasteiger partial charge in [-0.1, -0.05) is 41.4 Å². The van der Waals surface area contributed by atoms with E-state index in [-0.39, 0.29) is 5.78 Å². The van der Waals surface area contributed by atoms with Gasteiger partial charge >= 0.3 is 0 Å². The van der Waals surface area contributed by atoms with Crippen LogP contribution in [0.2, 0.25) is 10.0 Å². The highest BCUT2D eigenvalue weighted by molar-refractivity contribution is 6.37. The molecule has 102 valence electrons. The average molecular weight is 305 g/mol. The van der Waals surface area contributed by atoms with Crippen LogP contribution in [-0.4, -0.2) is 5.78 Å². The minimum atomic E-state index is -0.0657. The number of halogens is 2. The van der Waals surface area contributed by atoms with Crippen molar-refractivity contribution in [3.8, 4) is 0 Å². The topological polar surface area (TPSA) is 17.1 Å². The standard InChI is InChI=1S/C17H14Cl2O/c1-11-6-7-13(10-12(11)2)17(20)9-8-14-15(18)4-3-5-16(14)19/h3-10H,1-2H3/b9-8+. The zero-order valence-electron chi connectivity index (χ0n) is 11.3. The quantitative estimate of drug-likeness (QED) is 0.540. The highest BCUT2D eigenvalue weighted by Crippen LogP contribution is 2.25. The molecule has 0 bridgehead atoms. The Balaban J connectivity index is 2.27. The number of allylic oxidation sites excluding steroid dienone is 1. The van der Waals surface area contributed by atoms with E-state index in [9.17, 15) is 4.79 Å². The molecular formula is C17H14Cl2O. The molecule has 20 heavy (non-hydrogen) atoms. The smallest absolute Gasteiger partial charge is 0.185 e. The Labute approximate surface area is 128 Å². The lowest BCUT2D eigenvalue weighted by Gasteiger charge is -2.03. The molecule has 0 aliphatic rings. The molecular weight excluding hydrogens is 291 g/mol. The summed E-state index contributed by atoms with van der Waals surface area (Å²) in [5, 5.41) is 1.06. The predicted octanol–water partition coefficient (Wildman–Crippen LogP) is 5.51. The van der Waals surface area contributed by atoms with Gasteiger partial charge in [-0.3, -0.25) is 4.79 Å². The number of rotatable bonds is 3. The number of hydrogen-bond donors (Lipinski definition) is 0. The van der Waals surface area contributed by atoms with Crippen molar-refractivity contribution in [3.05, 3.63) is 74.8 Å². The van der Waals surface area contributed by atoms with Gasteiger partial charge in [0.05, 0.1) is 0 Å². The molecule has 2 rings (SSSR count). The van der Waals surface area contributed by atoms with Crippen LogP contribution < -0.4 is 0 Å². The van der Waals surface area contributed by atoms with Gasteiger partial charge in [0.25, 0.3) is 0 Å². The van der Waals surface area contributed by atoms with Crippen LogP contribution in [0.25, 0.3) is 6.08 Å². The van der Waals surface area contributed by atoms with Gasteiger partial charge in [0.15, 0.2) is 5.78 Å². The van der Waals surface area contributed by atoms with Gasteiger partial charge in [-0.25, -0.2) is 0 Å². The van der Waals surface area contributed by atoms with Gasteiger partial charge in [0, 0.05) is 21.2 Å². The van der Waals surface area contributed by atoms with E-state index in [0.29, 0.717) is 21.2 Å². The lowest BCUT2D eigenvalue weighted by molar-refractivity contribution is 0.104. The second-order valence-electron chi connectivity index (χ2n) is 4.63. The lowest BCUT2D eigenvalue weighted by atomic mass is 10.0. The maximum Gasteiger partial charge on any atom is 0.185 e. The molecule has 0 radical (unpaired) electrons. The van der Waals surface area contributed by atoms with Crippen molar-refractivity contribution >= 4 is 35.1 Å². The number of benzene rings is 2. The van der Waals surface area contributed by atoms with Crippen LogP contribution in [0.5, 0.6) is 0 Å². The maximum absolute atomic E-state index is 12.1. The first-order valence-electron chi connectivity index (χ1n) is 6.22. The molecule has 1 nitrogen and oxygen atoms in total. The van der Waals surface area contributed by atoms with E-state index in [2.05, 4.69) is 0 Å². The number of ketones is 1. The lowest BCUT2D eigenvalue weighted by Crippen LogP contribution is -1.95. The van der Waals surface area contributed by atoms with E-state index in [0.717, 1.165) is 5.56 Å². The SMILES string of the molecule is Cc1ccc(C(=O)/C=C/c2c(Cl)cccc2Cl)cc1C. The summed E-state index contributed by atoms with van der Waals surface area (Å²) in [6, 6.07) is 10.9. The summed E-state index contributed by atoms with van der Waals surface area (Å²) in [6.07, 6.45) is 3.15. The van der Waals surface area contributed by atoms with Crippen LogP contribution in [0.4, 0.5) is 0 Å². The van der Waals surface area contributed by atoms with E-state index in [1.54, 1.807) is 24.3 Å². The van der Waals surface area contributed by atoms with Crippen LogP contribution in [-0.2, 0) is 0 Å². The molecule has 2 aromatic carbocycles. The van der Waals surface area contributed by atoms with Crippen molar-refractivity contribution in [2.75, 3.05) is 0 Å². The summed E-state index contributed by atoms with van der Waals surface area (Å²) in [5.74, 6) is -0.0657. The summed E-state index contributed by atoms with van der Waals surface area (Å²) in [4.78, 5) is 12.1. The third-order valence-electron chi connectivity index (χ3n) is 3.19. The summed E-state index contributed by atoms with van der Waals surface area (Å²) in [5.41, 5.74) is 3.58. The van der Waals surface area contributed by atoms with Gasteiger partial charge in [0.1, 0.15) is 0 Å². The minimum Gasteiger partial charge on any atom is -0.289 e. The Hall–Kier alpha value is -1.57. The van der Waals surface area contributed by atoms with Crippen LogP contribution in [0, 0.1) is 13.8 Å². The molecule has 0 saturated carbocycles. The van der Waals surface area contributed by atoms with Gasteiger partial charge in [-0.2, -0.15) is 0 Å². The summed E-state index contributed by atoms with van der Waals surface area (Å²) >= 11 is 12.1. The molecule has 0 N–H and O–H groups in total. The minimum absolute atomic E-state index is 0.0657. The zero-order chi connectivity index (χ0) is 14.7. The van der Waals surface area contributed by atoms with Crippen molar-refractivity contribution in [1.82, 2.24) is 0 Å². The predicted molar refractivity (Wildman–Crippen MR) is 85.7 cm³/mol. The van der Waals surface area contributed by atoms with Gasteiger partial charge in [-0.15, -0.1) is 0 Å². The van der Waals surface area contributed by atoms with E-state index in [1.165, 1.54) is 11.6 Å². The number of carbonyl (C=O) groups is 1. The number of aryl methyl sites for hydroxylation is 2. The molecule has 0 aromatic heterocycles. The summed E-state index contributed by atoms with van der Waals surface area (Å²) in [7, 11) is 0. The Morgan fingerprint density at radius 3 is 2.25 bits per heavy atom. The number of carbonyl (C=O) groups excluding carboxylic acids is 1. The van der Waals surface area contributed by atoms with Crippen LogP contribution in [0.1, 0.15) is 27.0 Å². The normalized spacial score (nSPS) is 11.0. The molecule has 0 amide bonds. The first-order chi connectivity index (χ1) is 9.49. The van der Waals surface area contributed by atoms with Crippen molar-refractivity contribution in [2.24, 2.45) is 0 Å². The van der Waals surface area contributed by atoms with Crippen LogP contribution in [0.3, 0.4) is 0 Å². The molecule has 0 unspecified atom stereocenters. The van der Waals surface area contributed by atoms with Gasteiger partial charge < -0.3 is 0 Å². The maximum atomic E-state index is 12.1. The number of hydrogen-bond acceptors (Lipinski definition) is 1. The van der Waals surface area contributed by atoms with Crippen LogP contribution in [0.15, 0.2) is 42.5 Å². The van der Waals surface area contributed by atoms with E-state index in [1.807, 2.05) is 32.0 Å². The van der Waals surface area contributed by atoms with E-state index in [4.69, 9.17) is 23.2 Å². The van der Waals surface area contributed by atoms with Crippen LogP contribution >= 0.6 is 23.2 Å². The molecule has 0 aliphatic carbocycles. The fourth-order valence-electron chi connectivity index (χ4n) is 1.82. The fourth-order valence-corrected chi connectivity index (χ4v) is 2.34. The monoisotopic (exact) mass is 304 g/mol. The summed E-state index contributed by atoms with van der Waals surface area (Å²) < 4.78 is 0. The van der Waals surface area contributed by atoms with E-state index < -0.39 is 0 Å². The Morgan fingerprint density at radius 1 is 1.00 bits per heavy atom. The molecule has 0 spiro atoms. The third-order valence-corrected chi connectivity index (χ3v) is 3.85. The summed E-state index contributed by atoms with van der Waals surface area (Å²) in [6.45, 7) is 4.00. The fraction of sp³-hybridized carbons (Fsp3) is 0.118. The van der Waals surface area contributed by atoms with E-state index >= 15 is 0 Å². The zero-order valence-corrected chi connectivity index (χ0v) is 12.8. The first-order valence-corrected chi connectivity index (χ1v) is 6.98. The van der Waals surface area contributed by atoms with Crippen molar-refractivity contribution in [2.45, 2.75) is 13.8 Å².